The lowest BCUT2D eigenvalue weighted by molar-refractivity contribution is -0.181. The highest BCUT2D eigenvalue weighted by atomic mass is 19.1. The minimum atomic E-state index is -1.57. The summed E-state index contributed by atoms with van der Waals surface area (Å²) in [7, 11) is 0. The molecule has 2 N–H and O–H groups in total. The number of Topliss-reactive ketones (excluding diaryl/α,β-unsaturated/α-hetero) is 1. The molecule has 0 heterocycles. The Hall–Kier alpha value is -2.05. The van der Waals surface area contributed by atoms with Crippen LogP contribution in [0.5, 0.6) is 5.75 Å². The molecule has 5 rings (SSSR count). The maximum absolute atomic E-state index is 13.3. The summed E-state index contributed by atoms with van der Waals surface area (Å²) in [5.41, 5.74) is -1.34. The first-order valence-corrected chi connectivity index (χ1v) is 12.1. The fraction of sp³-hybridized carbons (Fsp3) is 0.630. The minimum Gasteiger partial charge on any atom is -0.486 e. The number of halogens is 1. The molecule has 1 aromatic carbocycles. The third-order valence-corrected chi connectivity index (χ3v) is 9.69. The summed E-state index contributed by atoms with van der Waals surface area (Å²) in [6.07, 6.45) is 5.58. The van der Waals surface area contributed by atoms with Crippen LogP contribution in [0.3, 0.4) is 0 Å². The van der Waals surface area contributed by atoms with Crippen molar-refractivity contribution >= 4 is 11.6 Å². The van der Waals surface area contributed by atoms with E-state index in [2.05, 4.69) is 6.92 Å². The van der Waals surface area contributed by atoms with Gasteiger partial charge in [-0.2, -0.15) is 0 Å². The summed E-state index contributed by atoms with van der Waals surface area (Å²) in [5, 5.41) is 23.2. The zero-order valence-corrected chi connectivity index (χ0v) is 19.4. The highest BCUT2D eigenvalue weighted by molar-refractivity contribution is 5.92. The zero-order valence-electron chi connectivity index (χ0n) is 19.4. The summed E-state index contributed by atoms with van der Waals surface area (Å²) < 4.78 is 18.7. The van der Waals surface area contributed by atoms with E-state index in [9.17, 15) is 24.2 Å². The molecule has 0 radical (unpaired) electrons. The molecule has 5 unspecified atom stereocenters. The van der Waals surface area contributed by atoms with Gasteiger partial charge in [0.1, 0.15) is 23.8 Å². The van der Waals surface area contributed by atoms with E-state index in [1.165, 1.54) is 29.8 Å². The molecule has 7 atom stereocenters. The van der Waals surface area contributed by atoms with Gasteiger partial charge in [-0.1, -0.05) is 19.4 Å². The summed E-state index contributed by atoms with van der Waals surface area (Å²) in [6.45, 7) is 3.86. The predicted molar refractivity (Wildman–Crippen MR) is 120 cm³/mol. The van der Waals surface area contributed by atoms with Gasteiger partial charge in [-0.05, 0) is 92.0 Å². The summed E-state index contributed by atoms with van der Waals surface area (Å²) in [5.74, 6) is 0.160. The molecule has 5 nitrogen and oxygen atoms in total. The Kier molecular flexibility index (Phi) is 5.33. The molecule has 4 aliphatic carbocycles. The van der Waals surface area contributed by atoms with Crippen molar-refractivity contribution in [2.75, 3.05) is 6.61 Å². The predicted octanol–water partition coefficient (Wildman–Crippen LogP) is 4.01. The van der Waals surface area contributed by atoms with Gasteiger partial charge >= 0.3 is 0 Å². The second-order valence-electron chi connectivity index (χ2n) is 11.1. The molecule has 1 aromatic rings. The lowest BCUT2D eigenvalue weighted by Gasteiger charge is -2.60. The van der Waals surface area contributed by atoms with Gasteiger partial charge in [-0.15, -0.1) is 0 Å². The van der Waals surface area contributed by atoms with Crippen LogP contribution in [0.4, 0.5) is 4.39 Å². The lowest BCUT2D eigenvalue weighted by atomic mass is 9.45. The van der Waals surface area contributed by atoms with Crippen LogP contribution in [-0.4, -0.2) is 40.1 Å². The molecule has 0 bridgehead atoms. The molecule has 0 aromatic heterocycles. The van der Waals surface area contributed by atoms with Gasteiger partial charge in [0.25, 0.3) is 0 Å². The number of aliphatic hydroxyl groups is 2. The van der Waals surface area contributed by atoms with Gasteiger partial charge in [0.05, 0.1) is 6.10 Å². The van der Waals surface area contributed by atoms with E-state index < -0.39 is 17.1 Å². The summed E-state index contributed by atoms with van der Waals surface area (Å²) in [6, 6.07) is 5.46. The number of rotatable bonds is 4. The fourth-order valence-electron chi connectivity index (χ4n) is 7.95. The fourth-order valence-corrected chi connectivity index (χ4v) is 7.95. The van der Waals surface area contributed by atoms with Gasteiger partial charge in [-0.25, -0.2) is 4.39 Å². The first-order chi connectivity index (χ1) is 15.6. The highest BCUT2D eigenvalue weighted by Crippen LogP contribution is 2.67. The molecular weight excluding hydrogens is 423 g/mol. The molecule has 178 valence electrons. The van der Waals surface area contributed by atoms with Gasteiger partial charge in [-0.3, -0.25) is 9.59 Å². The van der Waals surface area contributed by atoms with E-state index in [0.29, 0.717) is 25.0 Å². The SMILES string of the molecule is CC12CCC(=O)C=C1CCC1C2[C@@H](O)CC2(C)C1CC[C@]2(O)C(=O)COc1ccc(F)cc1. The van der Waals surface area contributed by atoms with E-state index in [1.54, 1.807) is 0 Å². The quantitative estimate of drug-likeness (QED) is 0.715. The first-order valence-electron chi connectivity index (χ1n) is 12.1. The topological polar surface area (TPSA) is 83.8 Å². The van der Waals surface area contributed by atoms with Crippen molar-refractivity contribution in [1.29, 1.82) is 0 Å². The van der Waals surface area contributed by atoms with Crippen molar-refractivity contribution in [3.8, 4) is 5.75 Å². The van der Waals surface area contributed by atoms with Crippen molar-refractivity contribution in [1.82, 2.24) is 0 Å². The largest absolute Gasteiger partial charge is 0.486 e. The van der Waals surface area contributed by atoms with Gasteiger partial charge in [0, 0.05) is 11.8 Å². The molecule has 4 aliphatic rings. The molecule has 0 aliphatic heterocycles. The molecule has 6 heteroatoms. The normalized spacial score (nSPS) is 42.1. The Morgan fingerprint density at radius 3 is 2.61 bits per heavy atom. The molecule has 33 heavy (non-hydrogen) atoms. The third kappa shape index (κ3) is 3.32. The van der Waals surface area contributed by atoms with Crippen LogP contribution in [0.1, 0.15) is 58.8 Å². The van der Waals surface area contributed by atoms with E-state index >= 15 is 0 Å². The monoisotopic (exact) mass is 456 g/mol. The van der Waals surface area contributed by atoms with Crippen LogP contribution in [0.2, 0.25) is 0 Å². The lowest BCUT2D eigenvalue weighted by Crippen LogP contribution is -2.62. The molecule has 3 saturated carbocycles. The van der Waals surface area contributed by atoms with Crippen LogP contribution in [-0.2, 0) is 9.59 Å². The Morgan fingerprint density at radius 1 is 1.15 bits per heavy atom. The number of fused-ring (bicyclic) bond motifs is 5. The Morgan fingerprint density at radius 2 is 1.88 bits per heavy atom. The van der Waals surface area contributed by atoms with Crippen molar-refractivity contribution in [3.63, 3.8) is 0 Å². The highest BCUT2D eigenvalue weighted by Gasteiger charge is 2.68. The number of carbonyl (C=O) groups is 2. The molecule has 3 fully saturated rings. The zero-order chi connectivity index (χ0) is 23.6. The van der Waals surface area contributed by atoms with Gasteiger partial charge < -0.3 is 14.9 Å². The van der Waals surface area contributed by atoms with E-state index in [1.807, 2.05) is 13.0 Å². The second kappa shape index (κ2) is 7.74. The van der Waals surface area contributed by atoms with Crippen LogP contribution < -0.4 is 4.74 Å². The minimum absolute atomic E-state index is 0.0385. The van der Waals surface area contributed by atoms with Gasteiger partial charge in [0.2, 0.25) is 5.78 Å². The standard InChI is InChI=1S/C27H33FO5/c1-25-11-9-18(29)13-16(25)3-8-20-21-10-12-27(32,26(21,2)14-22(30)24(20)25)23(31)15-33-19-6-4-17(28)5-7-19/h4-7,13,20-22,24,30,32H,3,8-12,14-15H2,1-2H3/t20?,21?,22-,24?,25?,26?,27-/m0/s1. The number of benzene rings is 1. The average molecular weight is 457 g/mol. The number of aliphatic hydroxyl groups excluding tert-OH is 1. The summed E-state index contributed by atoms with van der Waals surface area (Å²) in [4.78, 5) is 25.3. The Labute approximate surface area is 194 Å². The van der Waals surface area contributed by atoms with E-state index in [0.717, 1.165) is 25.7 Å². The maximum Gasteiger partial charge on any atom is 0.202 e. The van der Waals surface area contributed by atoms with Gasteiger partial charge in [0.15, 0.2) is 5.78 Å². The first kappa shape index (κ1) is 22.7. The van der Waals surface area contributed by atoms with Crippen LogP contribution in [0, 0.1) is 34.4 Å². The number of carbonyl (C=O) groups excluding carboxylic acids is 2. The molecule has 0 spiro atoms. The third-order valence-electron chi connectivity index (χ3n) is 9.69. The number of hydrogen-bond donors (Lipinski definition) is 2. The number of allylic oxidation sites excluding steroid dienone is 1. The number of hydrogen-bond acceptors (Lipinski definition) is 5. The van der Waals surface area contributed by atoms with Crippen LogP contribution >= 0.6 is 0 Å². The molecular formula is C27H33FO5. The van der Waals surface area contributed by atoms with Crippen molar-refractivity contribution in [3.05, 3.63) is 41.7 Å². The summed E-state index contributed by atoms with van der Waals surface area (Å²) >= 11 is 0. The molecule has 0 saturated heterocycles. The Bertz CT molecular complexity index is 1000. The van der Waals surface area contributed by atoms with Crippen molar-refractivity contribution in [2.24, 2.45) is 28.6 Å². The van der Waals surface area contributed by atoms with E-state index in [4.69, 9.17) is 4.74 Å². The average Bonchev–Trinajstić information content (AvgIpc) is 3.04. The molecule has 0 amide bonds. The Balaban J connectivity index is 1.39. The maximum atomic E-state index is 13.3. The second-order valence-corrected chi connectivity index (χ2v) is 11.1. The van der Waals surface area contributed by atoms with E-state index in [-0.39, 0.29) is 47.2 Å². The number of ketones is 2. The van der Waals surface area contributed by atoms with Crippen LogP contribution in [0.25, 0.3) is 0 Å². The smallest absolute Gasteiger partial charge is 0.202 e. The number of ether oxygens (including phenoxy) is 1. The van der Waals surface area contributed by atoms with Crippen molar-refractivity contribution in [2.45, 2.75) is 70.5 Å². The van der Waals surface area contributed by atoms with Crippen LogP contribution in [0.15, 0.2) is 35.9 Å². The van der Waals surface area contributed by atoms with Crippen molar-refractivity contribution < 1.29 is 28.9 Å².